The number of halogens is 1. The van der Waals surface area contributed by atoms with E-state index in [1.165, 1.54) is 0 Å². The molecule has 2 aromatic carbocycles. The van der Waals surface area contributed by atoms with Crippen LogP contribution in [0.1, 0.15) is 43.6 Å². The zero-order valence-electron chi connectivity index (χ0n) is 18.4. The number of carbonyl (C=O) groups is 2. The Morgan fingerprint density at radius 1 is 1.22 bits per heavy atom. The molecule has 4 rings (SSSR count). The molecule has 0 radical (unpaired) electrons. The van der Waals surface area contributed by atoms with Gasteiger partial charge in [0.15, 0.2) is 0 Å². The van der Waals surface area contributed by atoms with Crippen LogP contribution in [0.3, 0.4) is 0 Å². The van der Waals surface area contributed by atoms with E-state index in [1.807, 2.05) is 61.5 Å². The highest BCUT2D eigenvalue weighted by Crippen LogP contribution is 2.27. The summed E-state index contributed by atoms with van der Waals surface area (Å²) < 4.78 is 5.95. The first-order valence-electron chi connectivity index (χ1n) is 11.0. The quantitative estimate of drug-likeness (QED) is 0.545. The van der Waals surface area contributed by atoms with Crippen LogP contribution in [-0.2, 0) is 11.3 Å². The number of furan rings is 1. The summed E-state index contributed by atoms with van der Waals surface area (Å²) in [6.07, 6.45) is 2.16. The van der Waals surface area contributed by atoms with Gasteiger partial charge in [0.2, 0.25) is 5.91 Å². The van der Waals surface area contributed by atoms with Gasteiger partial charge in [0, 0.05) is 30.5 Å². The number of benzene rings is 2. The van der Waals surface area contributed by atoms with E-state index in [1.54, 1.807) is 16.8 Å². The Labute approximate surface area is 193 Å². The second-order valence-electron chi connectivity index (χ2n) is 8.27. The zero-order chi connectivity index (χ0) is 22.7. The molecule has 0 spiro atoms. The first-order chi connectivity index (χ1) is 15.5. The average molecular weight is 454 g/mol. The number of amides is 3. The molecule has 1 aliphatic heterocycles. The topological polar surface area (TPSA) is 65.8 Å². The largest absolute Gasteiger partial charge is 0.459 e. The highest BCUT2D eigenvalue weighted by Gasteiger charge is 2.36. The molecule has 2 heterocycles. The smallest absolute Gasteiger partial charge is 0.318 e. The van der Waals surface area contributed by atoms with Crippen LogP contribution in [0.2, 0.25) is 5.02 Å². The Bertz CT molecular complexity index is 1060. The number of nitrogens with one attached hydrogen (secondary N) is 1. The number of hydrogen-bond donors (Lipinski definition) is 1. The van der Waals surface area contributed by atoms with Crippen LogP contribution >= 0.6 is 11.6 Å². The Morgan fingerprint density at radius 3 is 2.69 bits per heavy atom. The molecule has 0 bridgehead atoms. The molecule has 1 N–H and O–H groups in total. The molecule has 3 amide bonds. The molecular formula is C25H28ClN3O3. The van der Waals surface area contributed by atoms with Gasteiger partial charge < -0.3 is 19.5 Å². The maximum atomic E-state index is 13.1. The van der Waals surface area contributed by atoms with Crippen molar-refractivity contribution in [1.82, 2.24) is 15.1 Å². The summed E-state index contributed by atoms with van der Waals surface area (Å²) in [7, 11) is 1.77. The molecule has 32 heavy (non-hydrogen) atoms. The van der Waals surface area contributed by atoms with Gasteiger partial charge in [-0.05, 0) is 49.1 Å². The SMILES string of the molecule is CC[C@H](NC(=O)N1CCCC1C(=O)N(C)Cc1ccc(Cl)cc1)c1cc2ccccc2o1. The lowest BCUT2D eigenvalue weighted by molar-refractivity contribution is -0.134. The van der Waals surface area contributed by atoms with Gasteiger partial charge in [0.25, 0.3) is 0 Å². The van der Waals surface area contributed by atoms with Gasteiger partial charge in [0.05, 0.1) is 6.04 Å². The maximum Gasteiger partial charge on any atom is 0.318 e. The van der Waals surface area contributed by atoms with E-state index in [9.17, 15) is 9.59 Å². The van der Waals surface area contributed by atoms with Crippen LogP contribution in [0.4, 0.5) is 4.79 Å². The summed E-state index contributed by atoms with van der Waals surface area (Å²) in [4.78, 5) is 29.6. The first-order valence-corrected chi connectivity index (χ1v) is 11.4. The number of hydrogen-bond acceptors (Lipinski definition) is 3. The molecule has 1 aromatic heterocycles. The van der Waals surface area contributed by atoms with Crippen LogP contribution in [0.15, 0.2) is 59.0 Å². The molecule has 6 nitrogen and oxygen atoms in total. The zero-order valence-corrected chi connectivity index (χ0v) is 19.1. The van der Waals surface area contributed by atoms with Crippen LogP contribution in [0.5, 0.6) is 0 Å². The van der Waals surface area contributed by atoms with Crippen LogP contribution in [-0.4, -0.2) is 41.4 Å². The summed E-state index contributed by atoms with van der Waals surface area (Å²) in [6, 6.07) is 16.3. The van der Waals surface area contributed by atoms with E-state index < -0.39 is 6.04 Å². The molecule has 0 saturated carbocycles. The van der Waals surface area contributed by atoms with Crippen molar-refractivity contribution in [2.75, 3.05) is 13.6 Å². The Morgan fingerprint density at radius 2 is 1.97 bits per heavy atom. The third kappa shape index (κ3) is 4.75. The molecule has 1 fully saturated rings. The first kappa shape index (κ1) is 22.2. The molecule has 1 saturated heterocycles. The van der Waals surface area contributed by atoms with Gasteiger partial charge in [-0.15, -0.1) is 0 Å². The minimum absolute atomic E-state index is 0.0515. The van der Waals surface area contributed by atoms with Gasteiger partial charge in [-0.3, -0.25) is 4.79 Å². The van der Waals surface area contributed by atoms with Crippen molar-refractivity contribution < 1.29 is 14.0 Å². The molecule has 1 aliphatic rings. The molecular weight excluding hydrogens is 426 g/mol. The number of carbonyl (C=O) groups excluding carboxylic acids is 2. The maximum absolute atomic E-state index is 13.1. The highest BCUT2D eigenvalue weighted by molar-refractivity contribution is 6.30. The molecule has 7 heteroatoms. The fraction of sp³-hybridized carbons (Fsp3) is 0.360. The van der Waals surface area contributed by atoms with Crippen LogP contribution < -0.4 is 5.32 Å². The lowest BCUT2D eigenvalue weighted by atomic mass is 10.1. The second-order valence-corrected chi connectivity index (χ2v) is 8.71. The monoisotopic (exact) mass is 453 g/mol. The van der Waals surface area contributed by atoms with Gasteiger partial charge >= 0.3 is 6.03 Å². The van der Waals surface area contributed by atoms with E-state index in [0.717, 1.165) is 28.7 Å². The van der Waals surface area contributed by atoms with Crippen molar-refractivity contribution in [1.29, 1.82) is 0 Å². The van der Waals surface area contributed by atoms with Crippen molar-refractivity contribution >= 4 is 34.5 Å². The highest BCUT2D eigenvalue weighted by atomic mass is 35.5. The third-order valence-electron chi connectivity index (χ3n) is 6.00. The predicted octanol–water partition coefficient (Wildman–Crippen LogP) is 5.37. The Kier molecular flexibility index (Phi) is 6.70. The number of para-hydroxylation sites is 1. The van der Waals surface area contributed by atoms with Crippen molar-refractivity contribution in [3.63, 3.8) is 0 Å². The van der Waals surface area contributed by atoms with E-state index in [-0.39, 0.29) is 18.0 Å². The van der Waals surface area contributed by atoms with E-state index in [0.29, 0.717) is 31.0 Å². The molecule has 3 aromatic rings. The minimum Gasteiger partial charge on any atom is -0.459 e. The van der Waals surface area contributed by atoms with E-state index in [2.05, 4.69) is 5.32 Å². The summed E-state index contributed by atoms with van der Waals surface area (Å²) >= 11 is 5.95. The standard InChI is InChI=1S/C25H28ClN3O3/c1-3-20(23-15-18-7-4-5-9-22(18)32-23)27-25(31)29-14-6-8-21(29)24(30)28(2)16-17-10-12-19(26)13-11-17/h4-5,7,9-13,15,20-21H,3,6,8,14,16H2,1-2H3,(H,27,31)/t20-,21?/m0/s1. The van der Waals surface area contributed by atoms with E-state index in [4.69, 9.17) is 16.0 Å². The summed E-state index contributed by atoms with van der Waals surface area (Å²) in [5, 5.41) is 4.74. The number of likely N-dealkylation sites (N-methyl/N-ethyl adjacent to an activating group) is 1. The minimum atomic E-state index is -0.458. The lowest BCUT2D eigenvalue weighted by Crippen LogP contribution is -2.50. The molecule has 168 valence electrons. The van der Waals surface area contributed by atoms with Crippen molar-refractivity contribution in [3.05, 3.63) is 70.9 Å². The van der Waals surface area contributed by atoms with Crippen LogP contribution in [0, 0.1) is 0 Å². The Hall–Kier alpha value is -2.99. The fourth-order valence-electron chi connectivity index (χ4n) is 4.24. The van der Waals surface area contributed by atoms with Gasteiger partial charge in [-0.2, -0.15) is 0 Å². The number of urea groups is 1. The Balaban J connectivity index is 1.42. The van der Waals surface area contributed by atoms with Crippen LogP contribution in [0.25, 0.3) is 11.0 Å². The van der Waals surface area contributed by atoms with Crippen molar-refractivity contribution in [2.45, 2.75) is 44.8 Å². The van der Waals surface area contributed by atoms with E-state index >= 15 is 0 Å². The molecule has 2 atom stereocenters. The number of likely N-dealkylation sites (tertiary alicyclic amines) is 1. The normalized spacial score (nSPS) is 16.8. The second kappa shape index (κ2) is 9.65. The number of fused-ring (bicyclic) bond motifs is 1. The average Bonchev–Trinajstić information content (AvgIpc) is 3.45. The number of nitrogens with zero attached hydrogens (tertiary/aromatic N) is 2. The fourth-order valence-corrected chi connectivity index (χ4v) is 4.37. The summed E-state index contributed by atoms with van der Waals surface area (Å²) in [5.41, 5.74) is 1.79. The molecule has 0 aliphatic carbocycles. The van der Waals surface area contributed by atoms with Crippen molar-refractivity contribution in [3.8, 4) is 0 Å². The third-order valence-corrected chi connectivity index (χ3v) is 6.25. The van der Waals surface area contributed by atoms with Gasteiger partial charge in [-0.25, -0.2) is 4.79 Å². The van der Waals surface area contributed by atoms with Gasteiger partial charge in [-0.1, -0.05) is 48.9 Å². The summed E-state index contributed by atoms with van der Waals surface area (Å²) in [5.74, 6) is 0.674. The van der Waals surface area contributed by atoms with Gasteiger partial charge in [0.1, 0.15) is 17.4 Å². The molecule has 1 unspecified atom stereocenters. The summed E-state index contributed by atoms with van der Waals surface area (Å²) in [6.45, 7) is 3.04. The number of rotatable bonds is 6. The predicted molar refractivity (Wildman–Crippen MR) is 125 cm³/mol. The lowest BCUT2D eigenvalue weighted by Gasteiger charge is -2.29. The van der Waals surface area contributed by atoms with Crippen molar-refractivity contribution in [2.24, 2.45) is 0 Å².